The molecule has 2 aliphatic rings. The van der Waals surface area contributed by atoms with Gasteiger partial charge < -0.3 is 4.90 Å². The first kappa shape index (κ1) is 37.3. The predicted molar refractivity (Wildman–Crippen MR) is 260 cm³/mol. The third-order valence-corrected chi connectivity index (χ3v) is 12.9. The van der Waals surface area contributed by atoms with Gasteiger partial charge in [-0.25, -0.2) is 0 Å². The lowest BCUT2D eigenvalue weighted by Crippen LogP contribution is -2.28. The number of hydrogen-bond donors (Lipinski definition) is 0. The smallest absolute Gasteiger partial charge is 0.0714 e. The van der Waals surface area contributed by atoms with Gasteiger partial charge in [-0.1, -0.05) is 212 Å². The van der Waals surface area contributed by atoms with Gasteiger partial charge in [0.1, 0.15) is 0 Å². The fourth-order valence-corrected chi connectivity index (χ4v) is 9.88. The molecule has 1 atom stereocenters. The maximum absolute atomic E-state index is 2.45. The molecule has 62 heavy (non-hydrogen) atoms. The van der Waals surface area contributed by atoms with Crippen LogP contribution in [0.15, 0.2) is 261 Å². The highest BCUT2D eigenvalue weighted by Gasteiger charge is 2.46. The molecular formula is C61H45N. The molecule has 0 amide bonds. The number of para-hydroxylation sites is 1. The van der Waals surface area contributed by atoms with Crippen molar-refractivity contribution < 1.29 is 0 Å². The van der Waals surface area contributed by atoms with Crippen LogP contribution in [0.25, 0.3) is 44.5 Å². The number of anilines is 2. The molecule has 0 fully saturated rings. The molecule has 0 radical (unpaired) electrons. The fourth-order valence-electron chi connectivity index (χ4n) is 9.88. The zero-order valence-electron chi connectivity index (χ0n) is 34.5. The van der Waals surface area contributed by atoms with E-state index >= 15 is 0 Å². The molecule has 0 aliphatic heterocycles. The third-order valence-electron chi connectivity index (χ3n) is 12.9. The van der Waals surface area contributed by atoms with Crippen LogP contribution in [0.3, 0.4) is 0 Å². The van der Waals surface area contributed by atoms with Crippen LogP contribution >= 0.6 is 0 Å². The Balaban J connectivity index is 1.000. The lowest BCUT2D eigenvalue weighted by Gasteiger charge is -2.34. The van der Waals surface area contributed by atoms with E-state index in [4.69, 9.17) is 0 Å². The second-order valence-corrected chi connectivity index (χ2v) is 16.4. The van der Waals surface area contributed by atoms with Crippen LogP contribution in [-0.2, 0) is 5.41 Å². The van der Waals surface area contributed by atoms with Crippen LogP contribution in [0.5, 0.6) is 0 Å². The molecule has 0 saturated carbocycles. The number of rotatable bonds is 9. The summed E-state index contributed by atoms with van der Waals surface area (Å²) >= 11 is 0. The van der Waals surface area contributed by atoms with Gasteiger partial charge in [0.15, 0.2) is 0 Å². The lowest BCUT2D eigenvalue weighted by molar-refractivity contribution is 0.769. The fraction of sp³-hybridized carbons (Fsp3) is 0.0492. The van der Waals surface area contributed by atoms with Gasteiger partial charge in [-0.3, -0.25) is 0 Å². The standard InChI is InChI=1S/C61H45N/c1-6-16-44(17-7-1)48-28-36-55(37-29-48)62(54-24-14-5-15-25-54)56-38-30-49(31-39-56)47-26-34-53(35-27-47)61(52-22-12-4-13-23-52)59-42-50(45-18-8-2-9-19-45)32-40-57(59)58-41-33-51(43-60(58)61)46-20-10-3-11-21-46/h1-28,30-43,48H,29H2. The summed E-state index contributed by atoms with van der Waals surface area (Å²) in [5, 5.41) is 0. The number of fused-ring (bicyclic) bond motifs is 3. The summed E-state index contributed by atoms with van der Waals surface area (Å²) in [6.07, 6.45) is 7.98. The Labute approximate surface area is 365 Å². The van der Waals surface area contributed by atoms with Gasteiger partial charge in [0.2, 0.25) is 0 Å². The van der Waals surface area contributed by atoms with E-state index in [1.165, 1.54) is 78.0 Å². The van der Waals surface area contributed by atoms with Crippen molar-refractivity contribution in [2.45, 2.75) is 17.8 Å². The van der Waals surface area contributed by atoms with Crippen LogP contribution in [0.2, 0.25) is 0 Å². The molecule has 9 aromatic rings. The Morgan fingerprint density at radius 2 is 0.790 bits per heavy atom. The van der Waals surface area contributed by atoms with Gasteiger partial charge in [-0.15, -0.1) is 0 Å². The van der Waals surface area contributed by atoms with Gasteiger partial charge >= 0.3 is 0 Å². The number of hydrogen-bond acceptors (Lipinski definition) is 1. The quantitative estimate of drug-likeness (QED) is 0.141. The van der Waals surface area contributed by atoms with Gasteiger partial charge in [-0.2, -0.15) is 0 Å². The number of benzene rings is 9. The number of allylic oxidation sites excluding steroid dienone is 3. The van der Waals surface area contributed by atoms with Crippen molar-refractivity contribution in [2.75, 3.05) is 4.90 Å². The molecule has 0 aromatic heterocycles. The predicted octanol–water partition coefficient (Wildman–Crippen LogP) is 15.8. The molecule has 0 saturated heterocycles. The molecule has 1 unspecified atom stereocenters. The van der Waals surface area contributed by atoms with Gasteiger partial charge in [0, 0.05) is 23.0 Å². The van der Waals surface area contributed by atoms with Crippen molar-refractivity contribution in [3.8, 4) is 44.5 Å². The Morgan fingerprint density at radius 3 is 1.31 bits per heavy atom. The van der Waals surface area contributed by atoms with Crippen molar-refractivity contribution in [3.63, 3.8) is 0 Å². The molecular weight excluding hydrogens is 747 g/mol. The highest BCUT2D eigenvalue weighted by Crippen LogP contribution is 2.57. The summed E-state index contributed by atoms with van der Waals surface area (Å²) in [4.78, 5) is 2.37. The Hall–Kier alpha value is -7.74. The van der Waals surface area contributed by atoms with E-state index in [2.05, 4.69) is 260 Å². The van der Waals surface area contributed by atoms with E-state index < -0.39 is 5.41 Å². The van der Waals surface area contributed by atoms with Gasteiger partial charge in [0.05, 0.1) is 5.41 Å². The third kappa shape index (κ3) is 6.60. The van der Waals surface area contributed by atoms with Crippen LogP contribution in [0.1, 0.15) is 40.2 Å². The van der Waals surface area contributed by atoms with Crippen molar-refractivity contribution in [3.05, 3.63) is 288 Å². The SMILES string of the molecule is C1=CC(c2ccccc2)CC=C1N(c1ccccc1)c1ccc(-c2ccc(C3(c4ccccc4)c4cc(-c5ccccc5)ccc4-c4ccc(-c5ccccc5)cc43)cc2)cc1. The second kappa shape index (κ2) is 16.0. The maximum Gasteiger partial charge on any atom is 0.0714 e. The summed E-state index contributed by atoms with van der Waals surface area (Å²) < 4.78 is 0. The van der Waals surface area contributed by atoms with E-state index in [0.29, 0.717) is 5.92 Å². The summed E-state index contributed by atoms with van der Waals surface area (Å²) in [5.41, 5.74) is 19.2. The monoisotopic (exact) mass is 791 g/mol. The molecule has 0 spiro atoms. The molecule has 11 rings (SSSR count). The average molecular weight is 792 g/mol. The van der Waals surface area contributed by atoms with Crippen molar-refractivity contribution in [1.29, 1.82) is 0 Å². The highest BCUT2D eigenvalue weighted by atomic mass is 15.1. The first-order valence-electron chi connectivity index (χ1n) is 21.7. The lowest BCUT2D eigenvalue weighted by atomic mass is 9.67. The van der Waals surface area contributed by atoms with Crippen molar-refractivity contribution in [1.82, 2.24) is 0 Å². The van der Waals surface area contributed by atoms with E-state index in [9.17, 15) is 0 Å². The molecule has 1 heteroatoms. The zero-order valence-corrected chi connectivity index (χ0v) is 34.5. The highest BCUT2D eigenvalue weighted by molar-refractivity contribution is 5.90. The van der Waals surface area contributed by atoms with E-state index in [1.807, 2.05) is 0 Å². The molecule has 9 aromatic carbocycles. The van der Waals surface area contributed by atoms with E-state index in [1.54, 1.807) is 0 Å². The topological polar surface area (TPSA) is 3.24 Å². The Kier molecular flexibility index (Phi) is 9.64. The Bertz CT molecular complexity index is 2950. The molecule has 294 valence electrons. The summed E-state index contributed by atoms with van der Waals surface area (Å²) in [6.45, 7) is 0. The van der Waals surface area contributed by atoms with E-state index in [0.717, 1.165) is 17.8 Å². The summed E-state index contributed by atoms with van der Waals surface area (Å²) in [6, 6.07) is 86.8. The average Bonchev–Trinajstić information content (AvgIpc) is 3.66. The van der Waals surface area contributed by atoms with E-state index in [-0.39, 0.29) is 0 Å². The van der Waals surface area contributed by atoms with Crippen LogP contribution in [0, 0.1) is 0 Å². The minimum absolute atomic E-state index is 0.381. The van der Waals surface area contributed by atoms with Crippen LogP contribution < -0.4 is 4.90 Å². The number of nitrogens with zero attached hydrogens (tertiary/aromatic N) is 1. The Morgan fingerprint density at radius 1 is 0.371 bits per heavy atom. The molecule has 0 N–H and O–H groups in total. The normalized spacial score (nSPS) is 14.7. The van der Waals surface area contributed by atoms with Crippen molar-refractivity contribution >= 4 is 11.4 Å². The molecule has 1 nitrogen and oxygen atoms in total. The zero-order chi connectivity index (χ0) is 41.3. The first-order valence-corrected chi connectivity index (χ1v) is 21.7. The van der Waals surface area contributed by atoms with Crippen LogP contribution in [-0.4, -0.2) is 0 Å². The largest absolute Gasteiger partial charge is 0.311 e. The summed E-state index contributed by atoms with van der Waals surface area (Å²) in [7, 11) is 0. The van der Waals surface area contributed by atoms with Gasteiger partial charge in [0.25, 0.3) is 0 Å². The minimum atomic E-state index is -0.541. The molecule has 0 heterocycles. The van der Waals surface area contributed by atoms with Crippen LogP contribution in [0.4, 0.5) is 11.4 Å². The maximum atomic E-state index is 2.45. The van der Waals surface area contributed by atoms with Crippen molar-refractivity contribution in [2.24, 2.45) is 0 Å². The molecule has 0 bridgehead atoms. The van der Waals surface area contributed by atoms with Gasteiger partial charge in [-0.05, 0) is 121 Å². The first-order chi connectivity index (χ1) is 30.7. The molecule has 2 aliphatic carbocycles. The summed E-state index contributed by atoms with van der Waals surface area (Å²) in [5.74, 6) is 0.381. The second-order valence-electron chi connectivity index (χ2n) is 16.4. The minimum Gasteiger partial charge on any atom is -0.311 e.